The number of carbonyl (C=O) groups excluding carboxylic acids is 3. The second-order valence-electron chi connectivity index (χ2n) is 5.76. The SMILES string of the molecule is O=C(CCCNC(=O)c1cccs1)Nc1cccc(C(=O)NCC(F)(F)F)c1. The lowest BCUT2D eigenvalue weighted by atomic mass is 10.2. The molecule has 3 amide bonds. The quantitative estimate of drug-likeness (QED) is 0.581. The zero-order valence-electron chi connectivity index (χ0n) is 14.6. The van der Waals surface area contributed by atoms with Crippen molar-refractivity contribution in [1.29, 1.82) is 0 Å². The van der Waals surface area contributed by atoms with Crippen molar-refractivity contribution in [2.75, 3.05) is 18.4 Å². The number of benzene rings is 1. The van der Waals surface area contributed by atoms with Crippen LogP contribution >= 0.6 is 11.3 Å². The molecule has 0 unspecified atom stereocenters. The van der Waals surface area contributed by atoms with Crippen LogP contribution in [0.1, 0.15) is 32.9 Å². The Bertz CT molecular complexity index is 823. The van der Waals surface area contributed by atoms with Crippen molar-refractivity contribution >= 4 is 34.7 Å². The van der Waals surface area contributed by atoms with Crippen LogP contribution in [-0.2, 0) is 4.79 Å². The highest BCUT2D eigenvalue weighted by Crippen LogP contribution is 2.14. The molecule has 10 heteroatoms. The molecule has 2 aromatic rings. The number of alkyl halides is 3. The number of hydrogen-bond donors (Lipinski definition) is 3. The first-order chi connectivity index (χ1) is 13.2. The largest absolute Gasteiger partial charge is 0.405 e. The van der Waals surface area contributed by atoms with E-state index in [1.807, 2.05) is 0 Å². The van der Waals surface area contributed by atoms with Gasteiger partial charge < -0.3 is 16.0 Å². The smallest absolute Gasteiger partial charge is 0.351 e. The Labute approximate surface area is 163 Å². The van der Waals surface area contributed by atoms with E-state index in [0.29, 0.717) is 23.5 Å². The summed E-state index contributed by atoms with van der Waals surface area (Å²) >= 11 is 1.32. The highest BCUT2D eigenvalue weighted by Gasteiger charge is 2.27. The van der Waals surface area contributed by atoms with Crippen molar-refractivity contribution in [1.82, 2.24) is 10.6 Å². The number of amides is 3. The molecule has 0 radical (unpaired) electrons. The normalized spacial score (nSPS) is 11.0. The fraction of sp³-hybridized carbons (Fsp3) is 0.278. The van der Waals surface area contributed by atoms with Crippen LogP contribution in [-0.4, -0.2) is 37.0 Å². The van der Waals surface area contributed by atoms with E-state index in [1.165, 1.54) is 35.6 Å². The summed E-state index contributed by atoms with van der Waals surface area (Å²) in [5, 5.41) is 8.83. The van der Waals surface area contributed by atoms with Crippen LogP contribution in [0.3, 0.4) is 0 Å². The van der Waals surface area contributed by atoms with E-state index >= 15 is 0 Å². The lowest BCUT2D eigenvalue weighted by Gasteiger charge is -2.10. The molecule has 0 fully saturated rings. The summed E-state index contributed by atoms with van der Waals surface area (Å²) in [6, 6.07) is 9.09. The van der Waals surface area contributed by atoms with Crippen molar-refractivity contribution in [2.45, 2.75) is 19.0 Å². The Hall–Kier alpha value is -2.88. The minimum absolute atomic E-state index is 0.00487. The first kappa shape index (κ1) is 21.4. The van der Waals surface area contributed by atoms with Gasteiger partial charge >= 0.3 is 6.18 Å². The van der Waals surface area contributed by atoms with Crippen LogP contribution in [0.2, 0.25) is 0 Å². The summed E-state index contributed by atoms with van der Waals surface area (Å²) in [7, 11) is 0. The highest BCUT2D eigenvalue weighted by atomic mass is 32.1. The maximum absolute atomic E-state index is 12.2. The third kappa shape index (κ3) is 7.39. The van der Waals surface area contributed by atoms with Gasteiger partial charge in [0.15, 0.2) is 0 Å². The van der Waals surface area contributed by atoms with Crippen LogP contribution < -0.4 is 16.0 Å². The molecule has 0 aliphatic heterocycles. The molecule has 3 N–H and O–H groups in total. The maximum atomic E-state index is 12.2. The number of nitrogens with one attached hydrogen (secondary N) is 3. The highest BCUT2D eigenvalue weighted by molar-refractivity contribution is 7.12. The van der Waals surface area contributed by atoms with Gasteiger partial charge in [0, 0.05) is 24.2 Å². The predicted molar refractivity (Wildman–Crippen MR) is 99.3 cm³/mol. The van der Waals surface area contributed by atoms with E-state index < -0.39 is 18.6 Å². The van der Waals surface area contributed by atoms with E-state index in [-0.39, 0.29) is 23.8 Å². The average Bonchev–Trinajstić information content (AvgIpc) is 3.17. The Balaban J connectivity index is 1.75. The molecule has 0 saturated carbocycles. The molecule has 28 heavy (non-hydrogen) atoms. The zero-order chi connectivity index (χ0) is 20.6. The number of halogens is 3. The van der Waals surface area contributed by atoms with Crippen LogP contribution in [0.25, 0.3) is 0 Å². The monoisotopic (exact) mass is 413 g/mol. The maximum Gasteiger partial charge on any atom is 0.405 e. The first-order valence-electron chi connectivity index (χ1n) is 8.31. The summed E-state index contributed by atoms with van der Waals surface area (Å²) in [4.78, 5) is 36.0. The molecule has 0 atom stereocenters. The van der Waals surface area contributed by atoms with Crippen molar-refractivity contribution < 1.29 is 27.6 Å². The lowest BCUT2D eigenvalue weighted by Crippen LogP contribution is -2.33. The Morgan fingerprint density at radius 1 is 1.00 bits per heavy atom. The third-order valence-electron chi connectivity index (χ3n) is 3.47. The van der Waals surface area contributed by atoms with Crippen molar-refractivity contribution in [3.05, 3.63) is 52.2 Å². The standard InChI is InChI=1S/C18H18F3N3O3S/c19-18(20,21)11-23-16(26)12-4-1-5-13(10-12)24-15(25)7-2-8-22-17(27)14-6-3-9-28-14/h1,3-6,9-10H,2,7-8,11H2,(H,22,27)(H,23,26)(H,24,25). The molecule has 1 aromatic heterocycles. The predicted octanol–water partition coefficient (Wildman–Crippen LogP) is 3.19. The molecule has 0 bridgehead atoms. The van der Waals surface area contributed by atoms with E-state index in [4.69, 9.17) is 0 Å². The Morgan fingerprint density at radius 2 is 1.79 bits per heavy atom. The molecule has 2 rings (SSSR count). The van der Waals surface area contributed by atoms with E-state index in [0.717, 1.165) is 0 Å². The molecular weight excluding hydrogens is 395 g/mol. The van der Waals surface area contributed by atoms with E-state index in [2.05, 4.69) is 10.6 Å². The van der Waals surface area contributed by atoms with Crippen LogP contribution in [0.15, 0.2) is 41.8 Å². The van der Waals surface area contributed by atoms with Gasteiger partial charge in [-0.2, -0.15) is 13.2 Å². The van der Waals surface area contributed by atoms with Crippen molar-refractivity contribution in [3.8, 4) is 0 Å². The number of carbonyl (C=O) groups is 3. The minimum atomic E-state index is -4.50. The first-order valence-corrected chi connectivity index (χ1v) is 9.19. The molecule has 0 aliphatic carbocycles. The number of hydrogen-bond acceptors (Lipinski definition) is 4. The topological polar surface area (TPSA) is 87.3 Å². The summed E-state index contributed by atoms with van der Waals surface area (Å²) in [6.07, 6.45) is -3.95. The molecule has 1 heterocycles. The second kappa shape index (κ2) is 9.88. The van der Waals surface area contributed by atoms with Gasteiger partial charge in [-0.25, -0.2) is 0 Å². The number of anilines is 1. The van der Waals surface area contributed by atoms with Gasteiger partial charge in [-0.05, 0) is 36.1 Å². The molecule has 0 aliphatic rings. The van der Waals surface area contributed by atoms with E-state index in [9.17, 15) is 27.6 Å². The van der Waals surface area contributed by atoms with Gasteiger partial charge in [0.2, 0.25) is 5.91 Å². The van der Waals surface area contributed by atoms with Crippen LogP contribution in [0.5, 0.6) is 0 Å². The summed E-state index contributed by atoms with van der Waals surface area (Å²) in [5.41, 5.74) is 0.303. The molecule has 1 aromatic carbocycles. The molecule has 6 nitrogen and oxygen atoms in total. The zero-order valence-corrected chi connectivity index (χ0v) is 15.5. The van der Waals surface area contributed by atoms with Crippen molar-refractivity contribution in [2.24, 2.45) is 0 Å². The minimum Gasteiger partial charge on any atom is -0.351 e. The van der Waals surface area contributed by atoms with Gasteiger partial charge in [0.1, 0.15) is 6.54 Å². The molecule has 0 saturated heterocycles. The average molecular weight is 413 g/mol. The van der Waals surface area contributed by atoms with Crippen molar-refractivity contribution in [3.63, 3.8) is 0 Å². The molecule has 150 valence electrons. The summed E-state index contributed by atoms with van der Waals surface area (Å²) in [5.74, 6) is -1.42. The second-order valence-corrected chi connectivity index (χ2v) is 6.71. The van der Waals surface area contributed by atoms with Crippen LogP contribution in [0.4, 0.5) is 18.9 Å². The van der Waals surface area contributed by atoms with Gasteiger partial charge in [-0.15, -0.1) is 11.3 Å². The van der Waals surface area contributed by atoms with Gasteiger partial charge in [0.05, 0.1) is 4.88 Å². The van der Waals surface area contributed by atoms with Gasteiger partial charge in [-0.1, -0.05) is 12.1 Å². The fourth-order valence-corrected chi connectivity index (χ4v) is 2.83. The lowest BCUT2D eigenvalue weighted by molar-refractivity contribution is -0.123. The molecular formula is C18H18F3N3O3S. The molecule has 0 spiro atoms. The van der Waals surface area contributed by atoms with Gasteiger partial charge in [0.25, 0.3) is 11.8 Å². The Kier molecular flexibility index (Phi) is 7.56. The fourth-order valence-electron chi connectivity index (χ4n) is 2.19. The van der Waals surface area contributed by atoms with Crippen LogP contribution in [0, 0.1) is 0 Å². The van der Waals surface area contributed by atoms with Gasteiger partial charge in [-0.3, -0.25) is 14.4 Å². The number of rotatable bonds is 8. The van der Waals surface area contributed by atoms with E-state index in [1.54, 1.807) is 22.8 Å². The third-order valence-corrected chi connectivity index (χ3v) is 4.34. The summed E-state index contributed by atoms with van der Waals surface area (Å²) in [6.45, 7) is -1.11. The Morgan fingerprint density at radius 3 is 2.46 bits per heavy atom. The summed E-state index contributed by atoms with van der Waals surface area (Å²) < 4.78 is 36.5. The number of thiophene rings is 1.